The predicted molar refractivity (Wildman–Crippen MR) is 91.3 cm³/mol. The number of aryl methyl sites for hydroxylation is 1. The number of anilines is 2. The summed E-state index contributed by atoms with van der Waals surface area (Å²) in [5.74, 6) is -1.93. The van der Waals surface area contributed by atoms with E-state index in [9.17, 15) is 14.4 Å². The monoisotopic (exact) mass is 326 g/mol. The van der Waals surface area contributed by atoms with Gasteiger partial charge in [-0.2, -0.15) is 0 Å². The van der Waals surface area contributed by atoms with Crippen LogP contribution in [0.25, 0.3) is 0 Å². The van der Waals surface area contributed by atoms with Crippen LogP contribution in [0.5, 0.6) is 0 Å². The van der Waals surface area contributed by atoms with Crippen molar-refractivity contribution in [2.75, 3.05) is 10.6 Å². The number of carbonyl (C=O) groups is 3. The van der Waals surface area contributed by atoms with E-state index < -0.39 is 17.9 Å². The van der Waals surface area contributed by atoms with E-state index >= 15 is 0 Å². The minimum Gasteiger partial charge on any atom is -0.481 e. The number of hydrogen-bond donors (Lipinski definition) is 3. The van der Waals surface area contributed by atoms with Gasteiger partial charge in [-0.25, -0.2) is 4.79 Å². The lowest BCUT2D eigenvalue weighted by atomic mass is 9.96. The number of nitrogens with one attached hydrogen (secondary N) is 2. The normalized spacial score (nSPS) is 11.4. The highest BCUT2D eigenvalue weighted by Crippen LogP contribution is 2.21. The summed E-state index contributed by atoms with van der Waals surface area (Å²) in [5.41, 5.74) is 2.81. The third kappa shape index (κ3) is 4.67. The number of carbonyl (C=O) groups excluding carboxylic acids is 2. The SMILES string of the molecule is Cc1ccc(NC(=O)Nc2ccc(C(CC=O)C(=O)O)cc2)cc1. The summed E-state index contributed by atoms with van der Waals surface area (Å²) in [5, 5.41) is 14.5. The van der Waals surface area contributed by atoms with Gasteiger partial charge in [0.1, 0.15) is 6.29 Å². The fourth-order valence-corrected chi connectivity index (χ4v) is 2.20. The topological polar surface area (TPSA) is 95.5 Å². The zero-order valence-corrected chi connectivity index (χ0v) is 13.2. The Bertz CT molecular complexity index is 724. The number of hydrogen-bond acceptors (Lipinski definition) is 3. The van der Waals surface area contributed by atoms with Crippen molar-refractivity contribution in [2.24, 2.45) is 0 Å². The molecule has 0 saturated heterocycles. The first-order valence-electron chi connectivity index (χ1n) is 7.40. The molecule has 3 N–H and O–H groups in total. The van der Waals surface area contributed by atoms with Crippen LogP contribution in [-0.4, -0.2) is 23.4 Å². The summed E-state index contributed by atoms with van der Waals surface area (Å²) in [6, 6.07) is 13.4. The molecule has 0 aliphatic carbocycles. The summed E-state index contributed by atoms with van der Waals surface area (Å²) < 4.78 is 0. The van der Waals surface area contributed by atoms with Crippen LogP contribution >= 0.6 is 0 Å². The quantitative estimate of drug-likeness (QED) is 0.709. The molecule has 2 aromatic rings. The number of amides is 2. The van der Waals surface area contributed by atoms with Crippen LogP contribution in [0.2, 0.25) is 0 Å². The Hall–Kier alpha value is -3.15. The molecule has 1 atom stereocenters. The second kappa shape index (κ2) is 7.92. The van der Waals surface area contributed by atoms with E-state index in [0.717, 1.165) is 5.56 Å². The van der Waals surface area contributed by atoms with Crippen molar-refractivity contribution in [2.45, 2.75) is 19.3 Å². The van der Waals surface area contributed by atoms with E-state index in [1.165, 1.54) is 0 Å². The Kier molecular flexibility index (Phi) is 5.68. The summed E-state index contributed by atoms with van der Waals surface area (Å²) >= 11 is 0. The van der Waals surface area contributed by atoms with Gasteiger partial charge in [-0.05, 0) is 36.8 Å². The molecule has 2 aromatic carbocycles. The van der Waals surface area contributed by atoms with Crippen LogP contribution < -0.4 is 10.6 Å². The first-order chi connectivity index (χ1) is 11.5. The maximum Gasteiger partial charge on any atom is 0.323 e. The molecule has 0 radical (unpaired) electrons. The lowest BCUT2D eigenvalue weighted by Gasteiger charge is -2.11. The molecule has 2 amide bonds. The van der Waals surface area contributed by atoms with E-state index in [1.54, 1.807) is 36.4 Å². The van der Waals surface area contributed by atoms with E-state index in [2.05, 4.69) is 10.6 Å². The van der Waals surface area contributed by atoms with Gasteiger partial charge in [-0.3, -0.25) is 4.79 Å². The summed E-state index contributed by atoms with van der Waals surface area (Å²) in [6.45, 7) is 1.96. The molecular formula is C18H18N2O4. The van der Waals surface area contributed by atoms with Gasteiger partial charge in [0.2, 0.25) is 0 Å². The number of carboxylic acids is 1. The van der Waals surface area contributed by atoms with Crippen molar-refractivity contribution in [3.63, 3.8) is 0 Å². The number of carboxylic acid groups (broad SMARTS) is 1. The van der Waals surface area contributed by atoms with Crippen LogP contribution in [-0.2, 0) is 9.59 Å². The van der Waals surface area contributed by atoms with Gasteiger partial charge in [-0.15, -0.1) is 0 Å². The highest BCUT2D eigenvalue weighted by molar-refractivity contribution is 5.99. The highest BCUT2D eigenvalue weighted by atomic mass is 16.4. The van der Waals surface area contributed by atoms with E-state index in [0.29, 0.717) is 23.2 Å². The van der Waals surface area contributed by atoms with Gasteiger partial charge in [-0.1, -0.05) is 29.8 Å². The molecule has 6 heteroatoms. The lowest BCUT2D eigenvalue weighted by Crippen LogP contribution is -2.19. The van der Waals surface area contributed by atoms with E-state index in [4.69, 9.17) is 5.11 Å². The van der Waals surface area contributed by atoms with Gasteiger partial charge in [0.05, 0.1) is 5.92 Å². The van der Waals surface area contributed by atoms with Crippen molar-refractivity contribution >= 4 is 29.7 Å². The maximum atomic E-state index is 11.9. The van der Waals surface area contributed by atoms with Crippen LogP contribution in [0.3, 0.4) is 0 Å². The fourth-order valence-electron chi connectivity index (χ4n) is 2.20. The second-order valence-corrected chi connectivity index (χ2v) is 5.36. The van der Waals surface area contributed by atoms with Gasteiger partial charge < -0.3 is 20.5 Å². The molecule has 0 aromatic heterocycles. The summed E-state index contributed by atoms with van der Waals surface area (Å²) in [4.78, 5) is 33.6. The number of aldehydes is 1. The van der Waals surface area contributed by atoms with Crippen molar-refractivity contribution in [3.8, 4) is 0 Å². The largest absolute Gasteiger partial charge is 0.481 e. The molecule has 0 aliphatic rings. The zero-order chi connectivity index (χ0) is 17.5. The van der Waals surface area contributed by atoms with Crippen molar-refractivity contribution in [1.29, 1.82) is 0 Å². The molecule has 0 aliphatic heterocycles. The van der Waals surface area contributed by atoms with E-state index in [1.807, 2.05) is 19.1 Å². The average Bonchev–Trinajstić information content (AvgIpc) is 2.55. The third-order valence-electron chi connectivity index (χ3n) is 3.51. The fraction of sp³-hybridized carbons (Fsp3) is 0.167. The Labute approximate surface area is 139 Å². The molecular weight excluding hydrogens is 308 g/mol. The van der Waals surface area contributed by atoms with Gasteiger partial charge >= 0.3 is 12.0 Å². The van der Waals surface area contributed by atoms with Crippen LogP contribution in [0, 0.1) is 6.92 Å². The molecule has 0 spiro atoms. The summed E-state index contributed by atoms with van der Waals surface area (Å²) in [6.07, 6.45) is 0.496. The molecule has 6 nitrogen and oxygen atoms in total. The lowest BCUT2D eigenvalue weighted by molar-refractivity contribution is -0.139. The summed E-state index contributed by atoms with van der Waals surface area (Å²) in [7, 11) is 0. The Morgan fingerprint density at radius 1 is 1.00 bits per heavy atom. The van der Waals surface area contributed by atoms with Crippen LogP contribution in [0.15, 0.2) is 48.5 Å². The first kappa shape index (κ1) is 17.2. The number of aliphatic carboxylic acids is 1. The Morgan fingerprint density at radius 2 is 1.50 bits per heavy atom. The number of benzene rings is 2. The van der Waals surface area contributed by atoms with E-state index in [-0.39, 0.29) is 6.42 Å². The van der Waals surface area contributed by atoms with Gasteiger partial charge in [0.15, 0.2) is 0 Å². The number of rotatable bonds is 6. The standard InChI is InChI=1S/C18H18N2O4/c1-12-2-6-14(7-3-12)19-18(24)20-15-8-4-13(5-9-15)16(10-11-21)17(22)23/h2-9,11,16H,10H2,1H3,(H,22,23)(H2,19,20,24). The minimum absolute atomic E-state index is 0.0873. The van der Waals surface area contributed by atoms with Crippen molar-refractivity contribution in [1.82, 2.24) is 0 Å². The van der Waals surface area contributed by atoms with Crippen molar-refractivity contribution in [3.05, 3.63) is 59.7 Å². The molecule has 0 fully saturated rings. The molecule has 1 unspecified atom stereocenters. The molecule has 124 valence electrons. The van der Waals surface area contributed by atoms with Gasteiger partial charge in [0.25, 0.3) is 0 Å². The predicted octanol–water partition coefficient (Wildman–Crippen LogP) is 3.40. The van der Waals surface area contributed by atoms with Crippen LogP contribution in [0.4, 0.5) is 16.2 Å². The molecule has 24 heavy (non-hydrogen) atoms. The Balaban J connectivity index is 2.00. The zero-order valence-electron chi connectivity index (χ0n) is 13.2. The maximum absolute atomic E-state index is 11.9. The smallest absolute Gasteiger partial charge is 0.323 e. The first-order valence-corrected chi connectivity index (χ1v) is 7.40. The highest BCUT2D eigenvalue weighted by Gasteiger charge is 2.19. The molecule has 0 saturated carbocycles. The molecule has 0 bridgehead atoms. The molecule has 0 heterocycles. The molecule has 2 rings (SSSR count). The van der Waals surface area contributed by atoms with Crippen molar-refractivity contribution < 1.29 is 19.5 Å². The van der Waals surface area contributed by atoms with Gasteiger partial charge in [0, 0.05) is 17.8 Å². The number of urea groups is 1. The van der Waals surface area contributed by atoms with Crippen LogP contribution in [0.1, 0.15) is 23.5 Å². The second-order valence-electron chi connectivity index (χ2n) is 5.36. The third-order valence-corrected chi connectivity index (χ3v) is 3.51. The minimum atomic E-state index is -1.06. The Morgan fingerprint density at radius 3 is 1.96 bits per heavy atom. The average molecular weight is 326 g/mol.